The number of aliphatic hydroxyl groups excluding tert-OH is 1. The Labute approximate surface area is 186 Å². The number of allylic oxidation sites excluding steroid dienone is 3. The molecule has 0 radical (unpaired) electrons. The predicted octanol–water partition coefficient (Wildman–Crippen LogP) is 7.80. The fraction of sp³-hybridized carbons (Fsp3) is 0.862. The summed E-state index contributed by atoms with van der Waals surface area (Å²) >= 11 is 0. The maximum atomic E-state index is 10.2. The molecule has 4 rings (SSSR count). The number of aliphatic hydroxyl groups is 1. The highest BCUT2D eigenvalue weighted by molar-refractivity contribution is 5.25. The lowest BCUT2D eigenvalue weighted by Crippen LogP contribution is -2.50. The first kappa shape index (κ1) is 22.6. The monoisotopic (exact) mass is 412 g/mol. The van der Waals surface area contributed by atoms with Gasteiger partial charge in [-0.25, -0.2) is 0 Å². The summed E-state index contributed by atoms with van der Waals surface area (Å²) in [5.74, 6) is 5.70. The van der Waals surface area contributed by atoms with Crippen LogP contribution in [-0.4, -0.2) is 11.2 Å². The molecule has 4 aliphatic rings. The molecule has 0 heterocycles. The Kier molecular flexibility index (Phi) is 6.35. The van der Waals surface area contributed by atoms with Gasteiger partial charge in [0.15, 0.2) is 0 Å². The minimum absolute atomic E-state index is 0.0870. The second-order valence-corrected chi connectivity index (χ2v) is 12.4. The van der Waals surface area contributed by atoms with Gasteiger partial charge in [0.25, 0.3) is 0 Å². The van der Waals surface area contributed by atoms with Crippen molar-refractivity contribution in [3.8, 4) is 0 Å². The van der Waals surface area contributed by atoms with Crippen molar-refractivity contribution in [1.82, 2.24) is 0 Å². The minimum atomic E-state index is -0.0870. The SMILES string of the molecule is CC[C@@H](/C=C/[C@@H](C)[C@H]1CC[C@H]2[C@H]3CC=C4C[C@@H](O)CC[C@]4(C)[C@H]3CC[C@]12C)C(C)C. The highest BCUT2D eigenvalue weighted by atomic mass is 16.3. The molecule has 0 aliphatic heterocycles. The van der Waals surface area contributed by atoms with Crippen LogP contribution in [0.2, 0.25) is 0 Å². The second-order valence-electron chi connectivity index (χ2n) is 12.4. The van der Waals surface area contributed by atoms with Crippen molar-refractivity contribution in [3.05, 3.63) is 23.8 Å². The smallest absolute Gasteiger partial charge is 0.0577 e. The van der Waals surface area contributed by atoms with E-state index in [9.17, 15) is 5.11 Å². The van der Waals surface area contributed by atoms with E-state index in [2.05, 4.69) is 59.8 Å². The zero-order chi connectivity index (χ0) is 21.7. The van der Waals surface area contributed by atoms with Gasteiger partial charge in [0, 0.05) is 0 Å². The average Bonchev–Trinajstić information content (AvgIpc) is 3.06. The molecular formula is C29H48O. The third-order valence-corrected chi connectivity index (χ3v) is 10.8. The molecule has 0 spiro atoms. The molecule has 3 saturated carbocycles. The Morgan fingerprint density at radius 1 is 1.03 bits per heavy atom. The standard InChI is InChI=1S/C29H48O/c1-7-21(19(2)3)9-8-20(4)25-12-13-26-24-11-10-22-18-23(30)14-16-28(22,5)27(24)15-17-29(25,26)6/h8-10,19-21,23-27,30H,7,11-18H2,1-6H3/b9-8+/t20-,21+,23+,24-,25-,26+,27+,28+,29-/m1/s1. The number of rotatable bonds is 5. The molecule has 0 aromatic heterocycles. The summed E-state index contributed by atoms with van der Waals surface area (Å²) in [6, 6.07) is 0. The van der Waals surface area contributed by atoms with Crippen molar-refractivity contribution in [2.24, 2.45) is 52.3 Å². The summed E-state index contributed by atoms with van der Waals surface area (Å²) in [7, 11) is 0. The summed E-state index contributed by atoms with van der Waals surface area (Å²) < 4.78 is 0. The molecule has 0 bridgehead atoms. The normalized spacial score (nSPS) is 45.6. The van der Waals surface area contributed by atoms with Gasteiger partial charge < -0.3 is 5.11 Å². The lowest BCUT2D eigenvalue weighted by atomic mass is 9.47. The summed E-state index contributed by atoms with van der Waals surface area (Å²) in [5, 5.41) is 10.2. The third kappa shape index (κ3) is 3.66. The average molecular weight is 413 g/mol. The number of fused-ring (bicyclic) bond motifs is 5. The molecule has 4 aliphatic carbocycles. The van der Waals surface area contributed by atoms with Crippen LogP contribution >= 0.6 is 0 Å². The fourth-order valence-electron chi connectivity index (χ4n) is 8.83. The predicted molar refractivity (Wildman–Crippen MR) is 128 cm³/mol. The van der Waals surface area contributed by atoms with Crippen LogP contribution in [0.1, 0.15) is 99.3 Å². The van der Waals surface area contributed by atoms with Gasteiger partial charge in [0.2, 0.25) is 0 Å². The van der Waals surface area contributed by atoms with Gasteiger partial charge in [0.1, 0.15) is 0 Å². The fourth-order valence-corrected chi connectivity index (χ4v) is 8.83. The van der Waals surface area contributed by atoms with E-state index < -0.39 is 0 Å². The third-order valence-electron chi connectivity index (χ3n) is 10.8. The number of hydrogen-bond donors (Lipinski definition) is 1. The van der Waals surface area contributed by atoms with E-state index in [1.54, 1.807) is 5.57 Å². The van der Waals surface area contributed by atoms with Gasteiger partial charge in [-0.2, -0.15) is 0 Å². The maximum absolute atomic E-state index is 10.2. The van der Waals surface area contributed by atoms with Crippen molar-refractivity contribution in [3.63, 3.8) is 0 Å². The molecule has 3 fully saturated rings. The van der Waals surface area contributed by atoms with Crippen molar-refractivity contribution in [2.45, 2.75) is 105 Å². The molecule has 1 nitrogen and oxygen atoms in total. The van der Waals surface area contributed by atoms with E-state index in [-0.39, 0.29) is 6.10 Å². The van der Waals surface area contributed by atoms with Gasteiger partial charge in [-0.15, -0.1) is 0 Å². The lowest BCUT2D eigenvalue weighted by Gasteiger charge is -2.58. The summed E-state index contributed by atoms with van der Waals surface area (Å²) in [5.41, 5.74) is 2.51. The Hall–Kier alpha value is -0.560. The molecular weight excluding hydrogens is 364 g/mol. The van der Waals surface area contributed by atoms with Gasteiger partial charge in [-0.05, 0) is 110 Å². The van der Waals surface area contributed by atoms with Gasteiger partial charge >= 0.3 is 0 Å². The van der Waals surface area contributed by atoms with Crippen LogP contribution in [0.3, 0.4) is 0 Å². The van der Waals surface area contributed by atoms with E-state index in [0.29, 0.717) is 16.7 Å². The Bertz CT molecular complexity index is 674. The van der Waals surface area contributed by atoms with Crippen LogP contribution in [0.4, 0.5) is 0 Å². The first-order chi connectivity index (χ1) is 14.2. The second kappa shape index (κ2) is 8.42. The quantitative estimate of drug-likeness (QED) is 0.457. The largest absolute Gasteiger partial charge is 0.393 e. The number of hydrogen-bond acceptors (Lipinski definition) is 1. The highest BCUT2D eigenvalue weighted by Crippen LogP contribution is 2.67. The van der Waals surface area contributed by atoms with Crippen molar-refractivity contribution < 1.29 is 5.11 Å². The van der Waals surface area contributed by atoms with E-state index in [4.69, 9.17) is 0 Å². The molecule has 30 heavy (non-hydrogen) atoms. The molecule has 170 valence electrons. The molecule has 0 aromatic rings. The van der Waals surface area contributed by atoms with Crippen LogP contribution < -0.4 is 0 Å². The van der Waals surface area contributed by atoms with Crippen LogP contribution in [0.25, 0.3) is 0 Å². The molecule has 0 aromatic carbocycles. The van der Waals surface area contributed by atoms with Crippen molar-refractivity contribution in [2.75, 3.05) is 0 Å². The Morgan fingerprint density at radius 3 is 2.50 bits per heavy atom. The Morgan fingerprint density at radius 2 is 1.80 bits per heavy atom. The zero-order valence-corrected chi connectivity index (χ0v) is 20.7. The zero-order valence-electron chi connectivity index (χ0n) is 20.7. The molecule has 0 unspecified atom stereocenters. The summed E-state index contributed by atoms with van der Waals surface area (Å²) in [6.45, 7) is 14.8. The summed E-state index contributed by atoms with van der Waals surface area (Å²) in [6.07, 6.45) is 19.1. The molecule has 1 heteroatoms. The highest BCUT2D eigenvalue weighted by Gasteiger charge is 2.58. The first-order valence-electron chi connectivity index (χ1n) is 13.3. The van der Waals surface area contributed by atoms with Crippen LogP contribution in [-0.2, 0) is 0 Å². The minimum Gasteiger partial charge on any atom is -0.393 e. The van der Waals surface area contributed by atoms with Crippen molar-refractivity contribution in [1.29, 1.82) is 0 Å². The van der Waals surface area contributed by atoms with Gasteiger partial charge in [-0.1, -0.05) is 65.3 Å². The first-order valence-corrected chi connectivity index (χ1v) is 13.3. The lowest BCUT2D eigenvalue weighted by molar-refractivity contribution is -0.0540. The maximum Gasteiger partial charge on any atom is 0.0577 e. The topological polar surface area (TPSA) is 20.2 Å². The van der Waals surface area contributed by atoms with Crippen molar-refractivity contribution >= 4 is 0 Å². The van der Waals surface area contributed by atoms with E-state index >= 15 is 0 Å². The molecule has 0 amide bonds. The van der Waals surface area contributed by atoms with Crippen LogP contribution in [0.15, 0.2) is 23.8 Å². The van der Waals surface area contributed by atoms with E-state index in [0.717, 1.165) is 48.3 Å². The molecule has 0 saturated heterocycles. The van der Waals surface area contributed by atoms with Gasteiger partial charge in [-0.3, -0.25) is 0 Å². The summed E-state index contributed by atoms with van der Waals surface area (Å²) in [4.78, 5) is 0. The van der Waals surface area contributed by atoms with Crippen LogP contribution in [0, 0.1) is 52.3 Å². The van der Waals surface area contributed by atoms with Gasteiger partial charge in [0.05, 0.1) is 6.10 Å². The van der Waals surface area contributed by atoms with E-state index in [1.165, 1.54) is 44.9 Å². The molecule has 9 atom stereocenters. The Balaban J connectivity index is 1.52. The van der Waals surface area contributed by atoms with Crippen LogP contribution in [0.5, 0.6) is 0 Å². The van der Waals surface area contributed by atoms with E-state index in [1.807, 2.05) is 0 Å². The molecule has 1 N–H and O–H groups in total.